The van der Waals surface area contributed by atoms with Crippen LogP contribution in [0.4, 0.5) is 0 Å². The van der Waals surface area contributed by atoms with Gasteiger partial charge in [-0.25, -0.2) is 0 Å². The molecule has 0 amide bonds. The van der Waals surface area contributed by atoms with Crippen LogP contribution in [0.3, 0.4) is 0 Å². The molecular formula is C14H24N2O2. The van der Waals surface area contributed by atoms with Crippen molar-refractivity contribution in [1.82, 2.24) is 4.90 Å². The molecule has 0 radical (unpaired) electrons. The highest BCUT2D eigenvalue weighted by Gasteiger charge is 2.02. The third-order valence-electron chi connectivity index (χ3n) is 2.67. The molecule has 102 valence electrons. The summed E-state index contributed by atoms with van der Waals surface area (Å²) in [7, 11) is 4.11. The number of benzene rings is 1. The van der Waals surface area contributed by atoms with Gasteiger partial charge in [-0.05, 0) is 44.6 Å². The smallest absolute Gasteiger partial charge is 0.119 e. The summed E-state index contributed by atoms with van der Waals surface area (Å²) in [5.41, 5.74) is 6.81. The third-order valence-corrected chi connectivity index (χ3v) is 2.67. The normalized spacial score (nSPS) is 12.7. The van der Waals surface area contributed by atoms with E-state index in [1.807, 2.05) is 24.3 Å². The Labute approximate surface area is 109 Å². The van der Waals surface area contributed by atoms with E-state index in [1.165, 1.54) is 0 Å². The first kappa shape index (κ1) is 15.0. The lowest BCUT2D eigenvalue weighted by atomic mass is 10.1. The van der Waals surface area contributed by atoms with Crippen LogP contribution in [0, 0.1) is 0 Å². The summed E-state index contributed by atoms with van der Waals surface area (Å²) in [6, 6.07) is 7.72. The van der Waals surface area contributed by atoms with Crippen LogP contribution in [0.5, 0.6) is 5.75 Å². The summed E-state index contributed by atoms with van der Waals surface area (Å²) in [4.78, 5) is 2.14. The van der Waals surface area contributed by atoms with Crippen molar-refractivity contribution >= 4 is 0 Å². The predicted octanol–water partition coefficient (Wildman–Crippen LogP) is 0.879. The average Bonchev–Trinajstić information content (AvgIpc) is 2.36. The van der Waals surface area contributed by atoms with Crippen LogP contribution in [0.1, 0.15) is 12.0 Å². The second-order valence-corrected chi connectivity index (χ2v) is 4.80. The van der Waals surface area contributed by atoms with E-state index in [1.54, 1.807) is 0 Å². The standard InChI is InChI=1S/C14H24N2O2/c1-16(2)8-3-9-18-14-6-4-12(5-7-14)10-13(15)11-17/h4-7,13,17H,3,8-11,15H2,1-2H3. The zero-order valence-electron chi connectivity index (χ0n) is 11.3. The maximum Gasteiger partial charge on any atom is 0.119 e. The fourth-order valence-electron chi connectivity index (χ4n) is 1.66. The van der Waals surface area contributed by atoms with Gasteiger partial charge in [0.05, 0.1) is 13.2 Å². The van der Waals surface area contributed by atoms with Crippen molar-refractivity contribution in [2.45, 2.75) is 18.9 Å². The van der Waals surface area contributed by atoms with Gasteiger partial charge in [-0.3, -0.25) is 0 Å². The summed E-state index contributed by atoms with van der Waals surface area (Å²) < 4.78 is 5.64. The van der Waals surface area contributed by atoms with E-state index in [0.717, 1.165) is 30.9 Å². The fraction of sp³-hybridized carbons (Fsp3) is 0.571. The Bertz CT molecular complexity index is 325. The van der Waals surface area contributed by atoms with E-state index in [-0.39, 0.29) is 12.6 Å². The van der Waals surface area contributed by atoms with Crippen LogP contribution >= 0.6 is 0 Å². The molecular weight excluding hydrogens is 228 g/mol. The van der Waals surface area contributed by atoms with Crippen molar-refractivity contribution in [2.75, 3.05) is 33.9 Å². The van der Waals surface area contributed by atoms with E-state index >= 15 is 0 Å². The van der Waals surface area contributed by atoms with Crippen LogP contribution in [0.2, 0.25) is 0 Å². The molecule has 18 heavy (non-hydrogen) atoms. The van der Waals surface area contributed by atoms with Gasteiger partial charge in [0.25, 0.3) is 0 Å². The highest BCUT2D eigenvalue weighted by atomic mass is 16.5. The van der Waals surface area contributed by atoms with Crippen LogP contribution in [0.25, 0.3) is 0 Å². The number of hydrogen-bond donors (Lipinski definition) is 2. The van der Waals surface area contributed by atoms with Crippen molar-refractivity contribution in [3.8, 4) is 5.75 Å². The Morgan fingerprint density at radius 3 is 2.50 bits per heavy atom. The summed E-state index contributed by atoms with van der Waals surface area (Å²) in [6.07, 6.45) is 1.71. The summed E-state index contributed by atoms with van der Waals surface area (Å²) in [6.45, 7) is 1.78. The number of ether oxygens (including phenoxy) is 1. The fourth-order valence-corrected chi connectivity index (χ4v) is 1.66. The van der Waals surface area contributed by atoms with Gasteiger partial charge in [-0.1, -0.05) is 12.1 Å². The number of aliphatic hydroxyl groups excluding tert-OH is 1. The zero-order valence-corrected chi connectivity index (χ0v) is 11.3. The molecule has 1 atom stereocenters. The topological polar surface area (TPSA) is 58.7 Å². The molecule has 0 saturated carbocycles. The van der Waals surface area contributed by atoms with E-state index in [2.05, 4.69) is 19.0 Å². The van der Waals surface area contributed by atoms with Gasteiger partial charge in [0.2, 0.25) is 0 Å². The number of nitrogens with zero attached hydrogens (tertiary/aromatic N) is 1. The maximum absolute atomic E-state index is 8.89. The van der Waals surface area contributed by atoms with Crippen LogP contribution < -0.4 is 10.5 Å². The lowest BCUT2D eigenvalue weighted by molar-refractivity contribution is 0.265. The molecule has 0 aliphatic carbocycles. The minimum atomic E-state index is -0.183. The van der Waals surface area contributed by atoms with Crippen LogP contribution in [-0.4, -0.2) is 49.9 Å². The van der Waals surface area contributed by atoms with Gasteiger partial charge in [0, 0.05) is 12.6 Å². The molecule has 0 bridgehead atoms. The number of rotatable bonds is 8. The number of nitrogens with two attached hydrogens (primary N) is 1. The van der Waals surface area contributed by atoms with Crippen molar-refractivity contribution in [3.63, 3.8) is 0 Å². The molecule has 0 aliphatic rings. The Hall–Kier alpha value is -1.10. The third kappa shape index (κ3) is 6.00. The first-order valence-corrected chi connectivity index (χ1v) is 6.34. The molecule has 1 aromatic rings. The highest BCUT2D eigenvalue weighted by molar-refractivity contribution is 5.27. The molecule has 0 aliphatic heterocycles. The van der Waals surface area contributed by atoms with Gasteiger partial charge >= 0.3 is 0 Å². The molecule has 1 rings (SSSR count). The Morgan fingerprint density at radius 1 is 1.28 bits per heavy atom. The van der Waals surface area contributed by atoms with E-state index in [9.17, 15) is 0 Å². The molecule has 0 spiro atoms. The van der Waals surface area contributed by atoms with Crippen LogP contribution in [0.15, 0.2) is 24.3 Å². The van der Waals surface area contributed by atoms with E-state index in [0.29, 0.717) is 6.42 Å². The molecule has 0 aromatic heterocycles. The Balaban J connectivity index is 2.31. The largest absolute Gasteiger partial charge is 0.494 e. The minimum Gasteiger partial charge on any atom is -0.494 e. The molecule has 0 heterocycles. The molecule has 0 fully saturated rings. The molecule has 4 nitrogen and oxygen atoms in total. The van der Waals surface area contributed by atoms with Gasteiger partial charge < -0.3 is 20.5 Å². The molecule has 1 aromatic carbocycles. The average molecular weight is 252 g/mol. The van der Waals surface area contributed by atoms with Gasteiger partial charge in [0.15, 0.2) is 0 Å². The van der Waals surface area contributed by atoms with Crippen molar-refractivity contribution < 1.29 is 9.84 Å². The highest BCUT2D eigenvalue weighted by Crippen LogP contribution is 2.13. The van der Waals surface area contributed by atoms with Crippen molar-refractivity contribution in [3.05, 3.63) is 29.8 Å². The second kappa shape index (κ2) is 8.08. The second-order valence-electron chi connectivity index (χ2n) is 4.80. The lowest BCUT2D eigenvalue weighted by Gasteiger charge is -2.11. The molecule has 4 heteroatoms. The molecule has 0 saturated heterocycles. The van der Waals surface area contributed by atoms with Gasteiger partial charge in [0.1, 0.15) is 5.75 Å². The molecule has 1 unspecified atom stereocenters. The molecule has 3 N–H and O–H groups in total. The van der Waals surface area contributed by atoms with Crippen molar-refractivity contribution in [2.24, 2.45) is 5.73 Å². The van der Waals surface area contributed by atoms with E-state index < -0.39 is 0 Å². The summed E-state index contributed by atoms with van der Waals surface area (Å²) in [5, 5.41) is 8.89. The maximum atomic E-state index is 8.89. The van der Waals surface area contributed by atoms with Gasteiger partial charge in [-0.15, -0.1) is 0 Å². The minimum absolute atomic E-state index is 0.0167. The summed E-state index contributed by atoms with van der Waals surface area (Å²) >= 11 is 0. The Kier molecular flexibility index (Phi) is 6.72. The van der Waals surface area contributed by atoms with Crippen LogP contribution in [-0.2, 0) is 6.42 Å². The number of hydrogen-bond acceptors (Lipinski definition) is 4. The Morgan fingerprint density at radius 2 is 1.94 bits per heavy atom. The summed E-state index contributed by atoms with van der Waals surface area (Å²) in [5.74, 6) is 0.884. The lowest BCUT2D eigenvalue weighted by Crippen LogP contribution is -2.26. The van der Waals surface area contributed by atoms with Gasteiger partial charge in [-0.2, -0.15) is 0 Å². The van der Waals surface area contributed by atoms with Crippen molar-refractivity contribution in [1.29, 1.82) is 0 Å². The monoisotopic (exact) mass is 252 g/mol. The first-order valence-electron chi connectivity index (χ1n) is 6.34. The first-order chi connectivity index (χ1) is 8.61. The number of aliphatic hydroxyl groups is 1. The predicted molar refractivity (Wildman–Crippen MR) is 73.9 cm³/mol. The van der Waals surface area contributed by atoms with E-state index in [4.69, 9.17) is 15.6 Å². The SMILES string of the molecule is CN(C)CCCOc1ccc(CC(N)CO)cc1. The quantitative estimate of drug-likeness (QED) is 0.674. The zero-order chi connectivity index (χ0) is 13.4.